The summed E-state index contributed by atoms with van der Waals surface area (Å²) < 4.78 is 27.6. The van der Waals surface area contributed by atoms with Gasteiger partial charge in [-0.1, -0.05) is 11.6 Å². The number of fused-ring (bicyclic) bond motifs is 1. The zero-order valence-corrected chi connectivity index (χ0v) is 16.4. The molecule has 0 aliphatic carbocycles. The van der Waals surface area contributed by atoms with Crippen molar-refractivity contribution in [3.8, 4) is 0 Å². The van der Waals surface area contributed by atoms with Gasteiger partial charge in [-0.2, -0.15) is 0 Å². The van der Waals surface area contributed by atoms with Crippen LogP contribution in [0.1, 0.15) is 36.7 Å². The molecule has 0 saturated heterocycles. The minimum atomic E-state index is -3.70. The summed E-state index contributed by atoms with van der Waals surface area (Å²) >= 11 is 5.87. The molecule has 0 fully saturated rings. The molecule has 5 nitrogen and oxygen atoms in total. The second-order valence-electron chi connectivity index (χ2n) is 6.78. The van der Waals surface area contributed by atoms with E-state index in [1.165, 1.54) is 16.4 Å². The lowest BCUT2D eigenvalue weighted by Crippen LogP contribution is -2.35. The van der Waals surface area contributed by atoms with Crippen LogP contribution in [0.2, 0.25) is 5.02 Å². The van der Waals surface area contributed by atoms with Gasteiger partial charge in [0.2, 0.25) is 0 Å². The second-order valence-corrected chi connectivity index (χ2v) is 9.03. The summed E-state index contributed by atoms with van der Waals surface area (Å²) in [4.78, 5) is 12.4. The minimum absolute atomic E-state index is 0.0384. The number of halogens is 1. The van der Waals surface area contributed by atoms with E-state index in [4.69, 9.17) is 11.6 Å². The molecule has 7 heteroatoms. The maximum atomic E-state index is 13.1. The van der Waals surface area contributed by atoms with E-state index in [9.17, 15) is 13.2 Å². The van der Waals surface area contributed by atoms with E-state index >= 15 is 0 Å². The maximum Gasteiger partial charge on any atom is 0.264 e. The zero-order valence-electron chi connectivity index (χ0n) is 14.9. The van der Waals surface area contributed by atoms with Crippen molar-refractivity contribution >= 4 is 33.2 Å². The van der Waals surface area contributed by atoms with Gasteiger partial charge in [0.15, 0.2) is 0 Å². The predicted molar refractivity (Wildman–Crippen MR) is 103 cm³/mol. The van der Waals surface area contributed by atoms with Crippen LogP contribution < -0.4 is 9.62 Å². The van der Waals surface area contributed by atoms with Crippen LogP contribution in [0, 0.1) is 0 Å². The van der Waals surface area contributed by atoms with Crippen molar-refractivity contribution in [2.75, 3.05) is 4.31 Å². The summed E-state index contributed by atoms with van der Waals surface area (Å²) in [6.45, 7) is 5.66. The third-order valence-corrected chi connectivity index (χ3v) is 6.48. The monoisotopic (exact) mass is 392 g/mol. The van der Waals surface area contributed by atoms with Gasteiger partial charge in [-0.3, -0.25) is 9.10 Å². The van der Waals surface area contributed by atoms with Crippen LogP contribution >= 0.6 is 11.6 Å². The van der Waals surface area contributed by atoms with Gasteiger partial charge in [-0.25, -0.2) is 8.42 Å². The van der Waals surface area contributed by atoms with Crippen molar-refractivity contribution < 1.29 is 13.2 Å². The molecule has 1 heterocycles. The lowest BCUT2D eigenvalue weighted by atomic mass is 10.1. The fourth-order valence-electron chi connectivity index (χ4n) is 3.18. The first-order valence-corrected chi connectivity index (χ1v) is 10.3. The summed E-state index contributed by atoms with van der Waals surface area (Å²) in [6, 6.07) is 11.1. The van der Waals surface area contributed by atoms with Crippen molar-refractivity contribution in [3.05, 3.63) is 58.6 Å². The molecule has 2 aromatic carbocycles. The average Bonchev–Trinajstić information content (AvgIpc) is 2.90. The molecular formula is C19H21ClN2O3S. The molecule has 1 atom stereocenters. The molecule has 0 radical (unpaired) electrons. The van der Waals surface area contributed by atoms with E-state index in [-0.39, 0.29) is 22.9 Å². The molecule has 26 heavy (non-hydrogen) atoms. The number of amides is 1. The number of nitrogens with one attached hydrogen (secondary N) is 1. The van der Waals surface area contributed by atoms with E-state index in [1.807, 2.05) is 20.8 Å². The van der Waals surface area contributed by atoms with Gasteiger partial charge in [0.05, 0.1) is 10.6 Å². The van der Waals surface area contributed by atoms with Crippen LogP contribution in [0.5, 0.6) is 0 Å². The first-order valence-electron chi connectivity index (χ1n) is 8.44. The Morgan fingerprint density at radius 1 is 1.19 bits per heavy atom. The molecule has 1 aliphatic heterocycles. The molecule has 2 aromatic rings. The Bertz CT molecular complexity index is 940. The van der Waals surface area contributed by atoms with Gasteiger partial charge in [0, 0.05) is 22.7 Å². The lowest BCUT2D eigenvalue weighted by molar-refractivity contribution is 0.0943. The fraction of sp³-hybridized carbons (Fsp3) is 0.316. The third kappa shape index (κ3) is 3.44. The minimum Gasteiger partial charge on any atom is -0.350 e. The number of benzene rings is 2. The standard InChI is InChI=1S/C19H21ClN2O3S/c1-12(2)21-19(23)14-4-9-18-15(11-14)10-13(3)22(18)26(24,25)17-7-5-16(20)6-8-17/h4-9,11-13H,10H2,1-3H3,(H,21,23)/t13-/m1/s1. The summed E-state index contributed by atoms with van der Waals surface area (Å²) in [5.41, 5.74) is 2.01. The number of anilines is 1. The Balaban J connectivity index is 1.98. The average molecular weight is 393 g/mol. The Kier molecular flexibility index (Phi) is 4.99. The van der Waals surface area contributed by atoms with E-state index in [1.54, 1.807) is 30.3 Å². The Hall–Kier alpha value is -2.05. The highest BCUT2D eigenvalue weighted by Crippen LogP contribution is 2.37. The zero-order chi connectivity index (χ0) is 19.1. The van der Waals surface area contributed by atoms with Crippen LogP contribution in [0.25, 0.3) is 0 Å². The van der Waals surface area contributed by atoms with Gasteiger partial charge in [0.1, 0.15) is 0 Å². The summed E-state index contributed by atoms with van der Waals surface area (Å²) in [7, 11) is -3.70. The number of hydrogen-bond acceptors (Lipinski definition) is 3. The van der Waals surface area contributed by atoms with Crippen molar-refractivity contribution in [1.29, 1.82) is 0 Å². The highest BCUT2D eigenvalue weighted by Gasteiger charge is 2.36. The molecule has 0 aromatic heterocycles. The molecule has 0 bridgehead atoms. The lowest BCUT2D eigenvalue weighted by Gasteiger charge is -2.24. The number of hydrogen-bond donors (Lipinski definition) is 1. The van der Waals surface area contributed by atoms with Crippen LogP contribution in [0.3, 0.4) is 0 Å². The van der Waals surface area contributed by atoms with Crippen molar-refractivity contribution in [1.82, 2.24) is 5.32 Å². The summed E-state index contributed by atoms with van der Waals surface area (Å²) in [6.07, 6.45) is 0.560. The molecule has 1 amide bonds. The van der Waals surface area contributed by atoms with Gasteiger partial charge < -0.3 is 5.32 Å². The largest absolute Gasteiger partial charge is 0.350 e. The van der Waals surface area contributed by atoms with Gasteiger partial charge >= 0.3 is 0 Å². The quantitative estimate of drug-likeness (QED) is 0.864. The van der Waals surface area contributed by atoms with Crippen LogP contribution in [0.4, 0.5) is 5.69 Å². The Labute approximate surface area is 159 Å². The topological polar surface area (TPSA) is 66.5 Å². The maximum absolute atomic E-state index is 13.1. The first-order chi connectivity index (χ1) is 12.2. The summed E-state index contributed by atoms with van der Waals surface area (Å²) in [5.74, 6) is -0.158. The summed E-state index contributed by atoms with van der Waals surface area (Å²) in [5, 5.41) is 3.34. The molecule has 1 aliphatic rings. The molecule has 1 N–H and O–H groups in total. The second kappa shape index (κ2) is 6.93. The molecule has 0 unspecified atom stereocenters. The first kappa shape index (κ1) is 18.7. The van der Waals surface area contributed by atoms with Crippen LogP contribution in [0.15, 0.2) is 47.4 Å². The van der Waals surface area contributed by atoms with Crippen LogP contribution in [-0.2, 0) is 16.4 Å². The molecule has 0 saturated carbocycles. The van der Waals surface area contributed by atoms with E-state index in [0.717, 1.165) is 5.56 Å². The Morgan fingerprint density at radius 3 is 2.46 bits per heavy atom. The number of carbonyl (C=O) groups is 1. The van der Waals surface area contributed by atoms with E-state index in [0.29, 0.717) is 22.7 Å². The highest BCUT2D eigenvalue weighted by molar-refractivity contribution is 7.92. The number of rotatable bonds is 4. The number of sulfonamides is 1. The van der Waals surface area contributed by atoms with Gasteiger partial charge in [0.25, 0.3) is 15.9 Å². The number of nitrogens with zero attached hydrogens (tertiary/aromatic N) is 1. The fourth-order valence-corrected chi connectivity index (χ4v) is 4.99. The molecule has 3 rings (SSSR count). The van der Waals surface area contributed by atoms with Crippen molar-refractivity contribution in [3.63, 3.8) is 0 Å². The van der Waals surface area contributed by atoms with Crippen molar-refractivity contribution in [2.24, 2.45) is 0 Å². The predicted octanol–water partition coefficient (Wildman–Crippen LogP) is 3.62. The van der Waals surface area contributed by atoms with E-state index in [2.05, 4.69) is 5.32 Å². The molecule has 138 valence electrons. The van der Waals surface area contributed by atoms with Gasteiger partial charge in [-0.15, -0.1) is 0 Å². The van der Waals surface area contributed by atoms with Crippen LogP contribution in [-0.4, -0.2) is 26.4 Å². The van der Waals surface area contributed by atoms with E-state index < -0.39 is 10.0 Å². The smallest absolute Gasteiger partial charge is 0.264 e. The third-order valence-electron chi connectivity index (χ3n) is 4.28. The Morgan fingerprint density at radius 2 is 1.85 bits per heavy atom. The SMILES string of the molecule is CC(C)NC(=O)c1ccc2c(c1)C[C@@H](C)N2S(=O)(=O)c1ccc(Cl)cc1. The molecular weight excluding hydrogens is 372 g/mol. The number of carbonyl (C=O) groups excluding carboxylic acids is 1. The normalized spacial score (nSPS) is 16.7. The molecule has 0 spiro atoms. The van der Waals surface area contributed by atoms with Crippen molar-refractivity contribution in [2.45, 2.75) is 44.2 Å². The van der Waals surface area contributed by atoms with Gasteiger partial charge in [-0.05, 0) is 75.2 Å². The highest BCUT2D eigenvalue weighted by atomic mass is 35.5.